The fourth-order valence-corrected chi connectivity index (χ4v) is 2.10. The number of aliphatic hydroxyl groups excluding tert-OH is 1. The summed E-state index contributed by atoms with van der Waals surface area (Å²) in [5, 5.41) is 15.3. The number of urea groups is 1. The van der Waals surface area contributed by atoms with Gasteiger partial charge < -0.3 is 15.7 Å². The van der Waals surface area contributed by atoms with E-state index in [2.05, 4.69) is 10.6 Å². The van der Waals surface area contributed by atoms with Crippen LogP contribution in [-0.4, -0.2) is 17.7 Å². The lowest BCUT2D eigenvalue weighted by Crippen LogP contribution is -2.36. The standard InChI is InChI=1S/C17H19ClN2O2/c18-16-7-5-13(6-8-16)9-10-19-17(22)20-11-14-1-3-15(12-21)4-2-14/h1-8,21H,9-12H2,(H2,19,20,22). The van der Waals surface area contributed by atoms with Gasteiger partial charge in [-0.15, -0.1) is 0 Å². The first-order valence-electron chi connectivity index (χ1n) is 7.12. The molecule has 2 aromatic carbocycles. The zero-order valence-electron chi connectivity index (χ0n) is 12.2. The SMILES string of the molecule is O=C(NCCc1ccc(Cl)cc1)NCc1ccc(CO)cc1. The zero-order chi connectivity index (χ0) is 15.8. The third-order valence-corrected chi connectivity index (χ3v) is 3.52. The van der Waals surface area contributed by atoms with Gasteiger partial charge in [0.05, 0.1) is 6.61 Å². The van der Waals surface area contributed by atoms with Gasteiger partial charge in [-0.05, 0) is 35.2 Å². The fourth-order valence-electron chi connectivity index (χ4n) is 1.98. The first-order chi connectivity index (χ1) is 10.7. The highest BCUT2D eigenvalue weighted by molar-refractivity contribution is 6.30. The lowest BCUT2D eigenvalue weighted by Gasteiger charge is -2.08. The number of hydrogen-bond acceptors (Lipinski definition) is 2. The number of benzene rings is 2. The van der Waals surface area contributed by atoms with E-state index < -0.39 is 0 Å². The quantitative estimate of drug-likeness (QED) is 0.767. The van der Waals surface area contributed by atoms with Crippen molar-refractivity contribution in [2.24, 2.45) is 0 Å². The monoisotopic (exact) mass is 318 g/mol. The smallest absolute Gasteiger partial charge is 0.315 e. The Bertz CT molecular complexity index is 597. The molecule has 22 heavy (non-hydrogen) atoms. The van der Waals surface area contributed by atoms with Crippen molar-refractivity contribution in [1.29, 1.82) is 0 Å². The van der Waals surface area contributed by atoms with Crippen LogP contribution in [-0.2, 0) is 19.6 Å². The Morgan fingerprint density at radius 1 is 0.909 bits per heavy atom. The van der Waals surface area contributed by atoms with E-state index in [1.54, 1.807) is 0 Å². The Kier molecular flexibility index (Phi) is 6.25. The van der Waals surface area contributed by atoms with Crippen LogP contribution >= 0.6 is 11.6 Å². The number of carbonyl (C=O) groups excluding carboxylic acids is 1. The van der Waals surface area contributed by atoms with Crippen molar-refractivity contribution in [1.82, 2.24) is 10.6 Å². The van der Waals surface area contributed by atoms with Gasteiger partial charge in [-0.3, -0.25) is 0 Å². The van der Waals surface area contributed by atoms with Crippen LogP contribution in [0.3, 0.4) is 0 Å². The molecule has 5 heteroatoms. The lowest BCUT2D eigenvalue weighted by molar-refractivity contribution is 0.240. The molecule has 0 aliphatic carbocycles. The van der Waals surface area contributed by atoms with Gasteiger partial charge in [0, 0.05) is 18.1 Å². The second-order valence-electron chi connectivity index (χ2n) is 4.96. The second kappa shape index (κ2) is 8.41. The Labute approximate surface area is 135 Å². The minimum Gasteiger partial charge on any atom is -0.392 e. The predicted molar refractivity (Wildman–Crippen MR) is 87.8 cm³/mol. The summed E-state index contributed by atoms with van der Waals surface area (Å²) in [5.41, 5.74) is 2.98. The Balaban J connectivity index is 1.68. The maximum absolute atomic E-state index is 11.7. The second-order valence-corrected chi connectivity index (χ2v) is 5.40. The van der Waals surface area contributed by atoms with Crippen LogP contribution in [0.25, 0.3) is 0 Å². The molecular weight excluding hydrogens is 300 g/mol. The molecule has 0 aliphatic heterocycles. The van der Waals surface area contributed by atoms with Gasteiger partial charge in [-0.2, -0.15) is 0 Å². The maximum Gasteiger partial charge on any atom is 0.315 e. The van der Waals surface area contributed by atoms with E-state index >= 15 is 0 Å². The third-order valence-electron chi connectivity index (χ3n) is 3.27. The number of halogens is 1. The lowest BCUT2D eigenvalue weighted by atomic mass is 10.1. The minimum atomic E-state index is -0.194. The molecule has 0 saturated heterocycles. The highest BCUT2D eigenvalue weighted by Gasteiger charge is 2.01. The summed E-state index contributed by atoms with van der Waals surface area (Å²) in [6, 6.07) is 14.8. The van der Waals surface area contributed by atoms with Crippen molar-refractivity contribution in [2.75, 3.05) is 6.54 Å². The molecule has 0 aliphatic rings. The molecule has 3 N–H and O–H groups in total. The number of carbonyl (C=O) groups is 1. The van der Waals surface area contributed by atoms with Gasteiger partial charge in [0.2, 0.25) is 0 Å². The van der Waals surface area contributed by atoms with Crippen molar-refractivity contribution in [3.63, 3.8) is 0 Å². The fraction of sp³-hybridized carbons (Fsp3) is 0.235. The van der Waals surface area contributed by atoms with Crippen LogP contribution in [0.5, 0.6) is 0 Å². The molecule has 0 fully saturated rings. The molecule has 0 spiro atoms. The number of hydrogen-bond donors (Lipinski definition) is 3. The number of rotatable bonds is 6. The van der Waals surface area contributed by atoms with Crippen LogP contribution in [0, 0.1) is 0 Å². The minimum absolute atomic E-state index is 0.0267. The molecule has 0 heterocycles. The summed E-state index contributed by atoms with van der Waals surface area (Å²) in [6.45, 7) is 1.05. The maximum atomic E-state index is 11.7. The summed E-state index contributed by atoms with van der Waals surface area (Å²) >= 11 is 5.82. The van der Waals surface area contributed by atoms with Crippen LogP contribution in [0.2, 0.25) is 5.02 Å². The molecule has 0 saturated carbocycles. The van der Waals surface area contributed by atoms with E-state index in [4.69, 9.17) is 16.7 Å². The van der Waals surface area contributed by atoms with Crippen LogP contribution < -0.4 is 10.6 Å². The number of nitrogens with one attached hydrogen (secondary N) is 2. The molecule has 116 valence electrons. The van der Waals surface area contributed by atoms with E-state index in [0.29, 0.717) is 18.1 Å². The van der Waals surface area contributed by atoms with E-state index in [1.807, 2.05) is 48.5 Å². The van der Waals surface area contributed by atoms with Crippen molar-refractivity contribution in [3.05, 3.63) is 70.2 Å². The molecule has 2 aromatic rings. The topological polar surface area (TPSA) is 61.4 Å². The summed E-state index contributed by atoms with van der Waals surface area (Å²) in [5.74, 6) is 0. The van der Waals surface area contributed by atoms with Gasteiger partial charge in [-0.25, -0.2) is 4.79 Å². The van der Waals surface area contributed by atoms with Gasteiger partial charge >= 0.3 is 6.03 Å². The van der Waals surface area contributed by atoms with Crippen molar-refractivity contribution in [2.45, 2.75) is 19.6 Å². The van der Waals surface area contributed by atoms with Crippen molar-refractivity contribution >= 4 is 17.6 Å². The first-order valence-corrected chi connectivity index (χ1v) is 7.50. The highest BCUT2D eigenvalue weighted by atomic mass is 35.5. The Hall–Kier alpha value is -2.04. The van der Waals surface area contributed by atoms with Crippen LogP contribution in [0.1, 0.15) is 16.7 Å². The summed E-state index contributed by atoms with van der Waals surface area (Å²) in [6.07, 6.45) is 0.760. The molecule has 2 amide bonds. The molecule has 0 radical (unpaired) electrons. The summed E-state index contributed by atoms with van der Waals surface area (Å²) < 4.78 is 0. The van der Waals surface area contributed by atoms with Gasteiger partial charge in [0.1, 0.15) is 0 Å². The van der Waals surface area contributed by atoms with Crippen LogP contribution in [0.15, 0.2) is 48.5 Å². The number of amides is 2. The highest BCUT2D eigenvalue weighted by Crippen LogP contribution is 2.09. The molecule has 2 rings (SSSR count). The largest absolute Gasteiger partial charge is 0.392 e. The first kappa shape index (κ1) is 16.3. The average Bonchev–Trinajstić information content (AvgIpc) is 2.55. The summed E-state index contributed by atoms with van der Waals surface area (Å²) in [7, 11) is 0. The average molecular weight is 319 g/mol. The zero-order valence-corrected chi connectivity index (χ0v) is 12.9. The normalized spacial score (nSPS) is 10.3. The molecule has 0 unspecified atom stereocenters. The molecule has 0 atom stereocenters. The molecule has 4 nitrogen and oxygen atoms in total. The molecular formula is C17H19ClN2O2. The number of aliphatic hydroxyl groups is 1. The Morgan fingerprint density at radius 3 is 2.14 bits per heavy atom. The van der Waals surface area contributed by atoms with Gasteiger partial charge in [-0.1, -0.05) is 48.0 Å². The van der Waals surface area contributed by atoms with Crippen molar-refractivity contribution < 1.29 is 9.90 Å². The summed E-state index contributed by atoms with van der Waals surface area (Å²) in [4.78, 5) is 11.7. The molecule has 0 bridgehead atoms. The third kappa shape index (κ3) is 5.39. The van der Waals surface area contributed by atoms with Crippen molar-refractivity contribution in [3.8, 4) is 0 Å². The van der Waals surface area contributed by atoms with E-state index in [-0.39, 0.29) is 12.6 Å². The van der Waals surface area contributed by atoms with Gasteiger partial charge in [0.25, 0.3) is 0 Å². The van der Waals surface area contributed by atoms with E-state index in [9.17, 15) is 4.79 Å². The van der Waals surface area contributed by atoms with E-state index in [1.165, 1.54) is 0 Å². The van der Waals surface area contributed by atoms with Gasteiger partial charge in [0.15, 0.2) is 0 Å². The Morgan fingerprint density at radius 2 is 1.50 bits per heavy atom. The van der Waals surface area contributed by atoms with Crippen LogP contribution in [0.4, 0.5) is 4.79 Å². The predicted octanol–water partition coefficient (Wildman–Crippen LogP) is 2.87. The molecule has 0 aromatic heterocycles. The van der Waals surface area contributed by atoms with E-state index in [0.717, 1.165) is 23.1 Å².